The molecule has 6 nitrogen and oxygen atoms in total. The molecular formula is C34H46N2O4S6. The van der Waals surface area contributed by atoms with Crippen LogP contribution in [0, 0.1) is 0 Å². The summed E-state index contributed by atoms with van der Waals surface area (Å²) in [5.74, 6) is 7.86. The second-order valence-electron chi connectivity index (χ2n) is 10.9. The van der Waals surface area contributed by atoms with Crippen molar-refractivity contribution < 1.29 is 18.9 Å². The van der Waals surface area contributed by atoms with E-state index in [4.69, 9.17) is 18.9 Å². The summed E-state index contributed by atoms with van der Waals surface area (Å²) < 4.78 is 25.1. The largest absolute Gasteiger partial charge is 0.492 e. The van der Waals surface area contributed by atoms with Gasteiger partial charge < -0.3 is 18.9 Å². The van der Waals surface area contributed by atoms with Crippen LogP contribution in [0.4, 0.5) is 0 Å². The third-order valence-electron chi connectivity index (χ3n) is 7.31. The van der Waals surface area contributed by atoms with E-state index in [1.54, 1.807) is 45.3 Å². The zero-order chi connectivity index (χ0) is 31.8. The van der Waals surface area contributed by atoms with Gasteiger partial charge in [0.15, 0.2) is 0 Å². The van der Waals surface area contributed by atoms with E-state index in [0.29, 0.717) is 26.4 Å². The topological polar surface area (TPSA) is 43.4 Å². The number of thioether (sulfide) groups is 2. The van der Waals surface area contributed by atoms with Crippen molar-refractivity contribution in [2.75, 3.05) is 62.5 Å². The molecule has 0 atom stereocenters. The second-order valence-corrected chi connectivity index (χ2v) is 17.3. The number of nitrogens with zero attached hydrogens (tertiary/aromatic N) is 2. The molecule has 4 aromatic rings. The van der Waals surface area contributed by atoms with E-state index in [9.17, 15) is 0 Å². The Hall–Kier alpha value is -1.38. The molecule has 46 heavy (non-hydrogen) atoms. The normalized spacial score (nSPS) is 17.4. The summed E-state index contributed by atoms with van der Waals surface area (Å²) >= 11 is 10.9. The summed E-state index contributed by atoms with van der Waals surface area (Å²) in [6.45, 7) is 12.9. The Balaban J connectivity index is 1.22. The van der Waals surface area contributed by atoms with Crippen LogP contribution in [-0.4, -0.2) is 72.3 Å². The zero-order valence-electron chi connectivity index (χ0n) is 26.9. The Labute approximate surface area is 299 Å². The summed E-state index contributed by atoms with van der Waals surface area (Å²) in [4.78, 5) is 10.2. The van der Waals surface area contributed by atoms with Gasteiger partial charge in [0.1, 0.15) is 23.0 Å². The first-order chi connectivity index (χ1) is 22.7. The van der Waals surface area contributed by atoms with Crippen molar-refractivity contribution in [2.45, 2.75) is 52.9 Å². The summed E-state index contributed by atoms with van der Waals surface area (Å²) in [6.07, 6.45) is 2.22. The number of ether oxygens (including phenoxy) is 4. The van der Waals surface area contributed by atoms with Gasteiger partial charge in [0.25, 0.3) is 0 Å². The maximum atomic E-state index is 6.27. The first kappa shape index (κ1) is 35.9. The number of hydrogen-bond acceptors (Lipinski definition) is 12. The van der Waals surface area contributed by atoms with Crippen LogP contribution < -0.4 is 18.9 Å². The minimum absolute atomic E-state index is 0.702. The molecule has 1 aliphatic rings. The number of hydrogen-bond donors (Lipinski definition) is 0. The molecule has 0 aromatic carbocycles. The fourth-order valence-electron chi connectivity index (χ4n) is 5.21. The van der Waals surface area contributed by atoms with Crippen LogP contribution in [0.1, 0.15) is 46.2 Å². The molecule has 0 amide bonds. The summed E-state index contributed by atoms with van der Waals surface area (Å²) in [6, 6.07) is 8.49. The highest BCUT2D eigenvalue weighted by Gasteiger charge is 2.17. The minimum atomic E-state index is 0.702. The summed E-state index contributed by atoms with van der Waals surface area (Å²) in [7, 11) is 0. The predicted octanol–water partition coefficient (Wildman–Crippen LogP) is 9.45. The number of rotatable bonds is 4. The Kier molecular flexibility index (Phi) is 15.8. The molecule has 0 fully saturated rings. The number of fused-ring (bicyclic) bond motifs is 4. The molecule has 5 heterocycles. The van der Waals surface area contributed by atoms with E-state index < -0.39 is 0 Å². The molecule has 0 N–H and O–H groups in total. The van der Waals surface area contributed by atoms with E-state index in [1.807, 2.05) is 23.5 Å². The average molecular weight is 739 g/mol. The van der Waals surface area contributed by atoms with Crippen molar-refractivity contribution >= 4 is 68.9 Å². The van der Waals surface area contributed by atoms with Crippen molar-refractivity contribution in [2.24, 2.45) is 0 Å². The quantitative estimate of drug-likeness (QED) is 0.205. The van der Waals surface area contributed by atoms with Crippen molar-refractivity contribution in [3.8, 4) is 23.0 Å². The molecule has 0 aliphatic carbocycles. The minimum Gasteiger partial charge on any atom is -0.492 e. The maximum Gasteiger partial charge on any atom is 0.134 e. The van der Waals surface area contributed by atoms with Crippen molar-refractivity contribution in [1.29, 1.82) is 0 Å². The van der Waals surface area contributed by atoms with Crippen LogP contribution in [0.3, 0.4) is 0 Å². The Morgan fingerprint density at radius 2 is 0.761 bits per heavy atom. The molecule has 0 saturated heterocycles. The molecule has 12 heteroatoms. The highest BCUT2D eigenvalue weighted by Crippen LogP contribution is 2.32. The van der Waals surface area contributed by atoms with Crippen LogP contribution >= 0.6 is 68.9 Å². The first-order valence-corrected chi connectivity index (χ1v) is 21.9. The lowest BCUT2D eigenvalue weighted by molar-refractivity contribution is 0.249. The fourth-order valence-corrected chi connectivity index (χ4v) is 9.85. The lowest BCUT2D eigenvalue weighted by Crippen LogP contribution is -2.23. The standard InChI is InChI=1S/C34H46N2O4S6/c1-3-9-35-23-31-27(5-15-43-31)37-11-19-41-21-13-39-29-7-17-45-33(29)25-36(10-4-2)26-34-30(8-18-46-34)40-14-22-42-20-12-38-28-6-16-44-32(28)24-35/h5-8,15-18H,3-4,9-14,19-26H2,1-2H3. The van der Waals surface area contributed by atoms with E-state index in [1.165, 1.54) is 19.5 Å². The second kappa shape index (κ2) is 20.2. The van der Waals surface area contributed by atoms with Gasteiger partial charge in [-0.25, -0.2) is 0 Å². The lowest BCUT2D eigenvalue weighted by atomic mass is 10.3. The van der Waals surface area contributed by atoms with Gasteiger partial charge in [0.05, 0.1) is 45.9 Å². The average Bonchev–Trinajstić information content (AvgIpc) is 3.87. The van der Waals surface area contributed by atoms with E-state index >= 15 is 0 Å². The third-order valence-corrected chi connectivity index (χ3v) is 12.7. The smallest absolute Gasteiger partial charge is 0.134 e. The third kappa shape index (κ3) is 11.4. The van der Waals surface area contributed by atoms with Crippen molar-refractivity contribution in [3.05, 3.63) is 65.3 Å². The molecule has 0 unspecified atom stereocenters. The van der Waals surface area contributed by atoms with Crippen molar-refractivity contribution in [1.82, 2.24) is 9.80 Å². The molecule has 0 saturated carbocycles. The van der Waals surface area contributed by atoms with Crippen LogP contribution in [0.25, 0.3) is 0 Å². The summed E-state index contributed by atoms with van der Waals surface area (Å²) in [5.41, 5.74) is 0. The summed E-state index contributed by atoms with van der Waals surface area (Å²) in [5, 5.41) is 8.61. The van der Waals surface area contributed by atoms with Crippen LogP contribution in [0.2, 0.25) is 0 Å². The zero-order valence-corrected chi connectivity index (χ0v) is 31.8. The Morgan fingerprint density at radius 1 is 0.478 bits per heavy atom. The highest BCUT2D eigenvalue weighted by atomic mass is 32.2. The lowest BCUT2D eigenvalue weighted by Gasteiger charge is -2.22. The molecule has 252 valence electrons. The molecule has 0 bridgehead atoms. The molecule has 1 aliphatic heterocycles. The molecule has 4 aromatic heterocycles. The Bertz CT molecular complexity index is 1200. The first-order valence-electron chi connectivity index (χ1n) is 16.1. The van der Waals surface area contributed by atoms with Crippen molar-refractivity contribution in [3.63, 3.8) is 0 Å². The van der Waals surface area contributed by atoms with Gasteiger partial charge in [-0.2, -0.15) is 23.5 Å². The van der Waals surface area contributed by atoms with Gasteiger partial charge in [-0.15, -0.1) is 45.3 Å². The van der Waals surface area contributed by atoms with Gasteiger partial charge >= 0.3 is 0 Å². The van der Waals surface area contributed by atoms with E-state index in [0.717, 1.165) is 98.1 Å². The van der Waals surface area contributed by atoms with Crippen LogP contribution in [-0.2, 0) is 26.2 Å². The van der Waals surface area contributed by atoms with Gasteiger partial charge in [-0.3, -0.25) is 9.80 Å². The van der Waals surface area contributed by atoms with Gasteiger partial charge in [-0.05, 0) is 71.7 Å². The maximum absolute atomic E-state index is 6.27. The molecule has 5 rings (SSSR count). The molecule has 0 spiro atoms. The predicted molar refractivity (Wildman–Crippen MR) is 203 cm³/mol. The van der Waals surface area contributed by atoms with Crippen LogP contribution in [0.15, 0.2) is 45.8 Å². The molecular weight excluding hydrogens is 693 g/mol. The SMILES string of the molecule is CCCN1Cc2sccc2OCCSCCOc2ccsc2CN(CCC)Cc2sccc2OCCSCCOc2ccsc2C1. The monoisotopic (exact) mass is 738 g/mol. The van der Waals surface area contributed by atoms with Gasteiger partial charge in [0.2, 0.25) is 0 Å². The fraction of sp³-hybridized carbons (Fsp3) is 0.529. The Morgan fingerprint density at radius 3 is 1.02 bits per heavy atom. The van der Waals surface area contributed by atoms with Crippen LogP contribution in [0.5, 0.6) is 23.0 Å². The molecule has 0 radical (unpaired) electrons. The highest BCUT2D eigenvalue weighted by molar-refractivity contribution is 7.99. The van der Waals surface area contributed by atoms with E-state index in [2.05, 4.69) is 69.4 Å². The number of thiophene rings is 4. The van der Waals surface area contributed by atoms with Gasteiger partial charge in [-0.1, -0.05) is 13.8 Å². The van der Waals surface area contributed by atoms with Gasteiger partial charge in [0, 0.05) is 49.2 Å². The van der Waals surface area contributed by atoms with E-state index in [-0.39, 0.29) is 0 Å².